The number of carbonyl (C=O) groups excluding carboxylic acids is 1. The first-order chi connectivity index (χ1) is 10.2. The second-order valence-electron chi connectivity index (χ2n) is 6.11. The molecule has 1 amide bonds. The lowest BCUT2D eigenvalue weighted by Gasteiger charge is -2.21. The van der Waals surface area contributed by atoms with E-state index in [1.807, 2.05) is 18.2 Å². The van der Waals surface area contributed by atoms with Gasteiger partial charge in [0, 0.05) is 6.04 Å². The molecule has 21 heavy (non-hydrogen) atoms. The van der Waals surface area contributed by atoms with E-state index in [9.17, 15) is 9.90 Å². The van der Waals surface area contributed by atoms with Crippen LogP contribution in [0.1, 0.15) is 55.8 Å². The standard InChI is InChI=1S/C17H23NO3/c19-16-7-3-4-12-10-14(8-9-15(12)16)21-11-17(20)18-13-5-1-2-6-13/h8-10,13,16,19H,1-7,11H2,(H,18,20). The highest BCUT2D eigenvalue weighted by Crippen LogP contribution is 2.31. The molecular formula is C17H23NO3. The van der Waals surface area contributed by atoms with E-state index in [1.54, 1.807) is 0 Å². The van der Waals surface area contributed by atoms with Crippen molar-refractivity contribution >= 4 is 5.91 Å². The fourth-order valence-corrected chi connectivity index (χ4v) is 3.34. The van der Waals surface area contributed by atoms with Gasteiger partial charge in [-0.25, -0.2) is 0 Å². The second kappa shape index (κ2) is 6.48. The third-order valence-corrected chi connectivity index (χ3v) is 4.49. The summed E-state index contributed by atoms with van der Waals surface area (Å²) in [4.78, 5) is 11.8. The zero-order chi connectivity index (χ0) is 14.7. The van der Waals surface area contributed by atoms with Gasteiger partial charge in [-0.2, -0.15) is 0 Å². The van der Waals surface area contributed by atoms with Gasteiger partial charge in [-0.1, -0.05) is 18.9 Å². The van der Waals surface area contributed by atoms with E-state index in [0.29, 0.717) is 11.8 Å². The Morgan fingerprint density at radius 2 is 2.05 bits per heavy atom. The van der Waals surface area contributed by atoms with Crippen LogP contribution in [0.4, 0.5) is 0 Å². The summed E-state index contributed by atoms with van der Waals surface area (Å²) in [5.74, 6) is 0.670. The van der Waals surface area contributed by atoms with E-state index in [1.165, 1.54) is 12.8 Å². The Bertz CT molecular complexity index is 509. The maximum Gasteiger partial charge on any atom is 0.258 e. The molecule has 1 aromatic rings. The van der Waals surface area contributed by atoms with Crippen molar-refractivity contribution in [2.75, 3.05) is 6.61 Å². The molecule has 0 radical (unpaired) electrons. The van der Waals surface area contributed by atoms with Crippen molar-refractivity contribution in [3.8, 4) is 5.75 Å². The minimum absolute atomic E-state index is 0.0420. The van der Waals surface area contributed by atoms with E-state index < -0.39 is 0 Å². The minimum Gasteiger partial charge on any atom is -0.484 e. The number of carbonyl (C=O) groups is 1. The summed E-state index contributed by atoms with van der Waals surface area (Å²) in [5, 5.41) is 12.9. The van der Waals surface area contributed by atoms with E-state index in [-0.39, 0.29) is 18.6 Å². The molecule has 114 valence electrons. The van der Waals surface area contributed by atoms with Gasteiger partial charge in [0.05, 0.1) is 6.10 Å². The summed E-state index contributed by atoms with van der Waals surface area (Å²) >= 11 is 0. The van der Waals surface area contributed by atoms with Crippen LogP contribution in [0.5, 0.6) is 5.75 Å². The molecule has 0 aliphatic heterocycles. The molecule has 0 saturated heterocycles. The van der Waals surface area contributed by atoms with Gasteiger partial charge in [0.25, 0.3) is 5.91 Å². The average Bonchev–Trinajstić information content (AvgIpc) is 2.98. The van der Waals surface area contributed by atoms with Gasteiger partial charge in [0.1, 0.15) is 5.75 Å². The number of hydrogen-bond acceptors (Lipinski definition) is 3. The lowest BCUT2D eigenvalue weighted by atomic mass is 9.89. The van der Waals surface area contributed by atoms with E-state index in [2.05, 4.69) is 5.32 Å². The number of rotatable bonds is 4. The Morgan fingerprint density at radius 1 is 1.24 bits per heavy atom. The number of hydrogen-bond donors (Lipinski definition) is 2. The lowest BCUT2D eigenvalue weighted by molar-refractivity contribution is -0.123. The molecule has 2 N–H and O–H groups in total. The zero-order valence-corrected chi connectivity index (χ0v) is 12.3. The van der Waals surface area contributed by atoms with Crippen molar-refractivity contribution in [1.82, 2.24) is 5.32 Å². The van der Waals surface area contributed by atoms with Gasteiger partial charge in [0.15, 0.2) is 6.61 Å². The first kappa shape index (κ1) is 14.4. The summed E-state index contributed by atoms with van der Waals surface area (Å²) in [5.41, 5.74) is 2.14. The highest BCUT2D eigenvalue weighted by atomic mass is 16.5. The zero-order valence-electron chi connectivity index (χ0n) is 12.3. The van der Waals surface area contributed by atoms with E-state index in [0.717, 1.165) is 43.2 Å². The minimum atomic E-state index is -0.353. The Balaban J connectivity index is 1.54. The van der Waals surface area contributed by atoms with Crippen LogP contribution in [0.2, 0.25) is 0 Å². The van der Waals surface area contributed by atoms with Crippen molar-refractivity contribution in [1.29, 1.82) is 0 Å². The summed E-state index contributed by atoms with van der Waals surface area (Å²) < 4.78 is 5.59. The van der Waals surface area contributed by atoms with Crippen LogP contribution in [0.15, 0.2) is 18.2 Å². The topological polar surface area (TPSA) is 58.6 Å². The van der Waals surface area contributed by atoms with Gasteiger partial charge in [-0.3, -0.25) is 4.79 Å². The molecule has 2 aliphatic carbocycles. The quantitative estimate of drug-likeness (QED) is 0.895. The summed E-state index contributed by atoms with van der Waals surface area (Å²) in [6.45, 7) is 0.0673. The Hall–Kier alpha value is -1.55. The molecule has 0 heterocycles. The van der Waals surface area contributed by atoms with Gasteiger partial charge < -0.3 is 15.2 Å². The molecule has 0 bridgehead atoms. The molecule has 1 atom stereocenters. The maximum absolute atomic E-state index is 11.8. The van der Waals surface area contributed by atoms with E-state index in [4.69, 9.17) is 4.74 Å². The van der Waals surface area contributed by atoms with Crippen LogP contribution in [-0.4, -0.2) is 23.7 Å². The van der Waals surface area contributed by atoms with Crippen molar-refractivity contribution < 1.29 is 14.6 Å². The van der Waals surface area contributed by atoms with E-state index >= 15 is 0 Å². The Kier molecular flexibility index (Phi) is 4.44. The first-order valence-electron chi connectivity index (χ1n) is 7.95. The first-order valence-corrected chi connectivity index (χ1v) is 7.95. The molecule has 2 aliphatic rings. The smallest absolute Gasteiger partial charge is 0.258 e. The molecule has 4 nitrogen and oxygen atoms in total. The number of amides is 1. The Morgan fingerprint density at radius 3 is 2.86 bits per heavy atom. The fraction of sp³-hybridized carbons (Fsp3) is 0.588. The largest absolute Gasteiger partial charge is 0.484 e. The molecule has 1 unspecified atom stereocenters. The molecule has 4 heteroatoms. The van der Waals surface area contributed by atoms with Crippen LogP contribution >= 0.6 is 0 Å². The second-order valence-corrected chi connectivity index (χ2v) is 6.11. The number of nitrogens with one attached hydrogen (secondary N) is 1. The lowest BCUT2D eigenvalue weighted by Crippen LogP contribution is -2.36. The number of benzene rings is 1. The van der Waals surface area contributed by atoms with Crippen molar-refractivity contribution in [2.24, 2.45) is 0 Å². The average molecular weight is 289 g/mol. The third-order valence-electron chi connectivity index (χ3n) is 4.49. The predicted octanol–water partition coefficient (Wildman–Crippen LogP) is 2.49. The van der Waals surface area contributed by atoms with Gasteiger partial charge >= 0.3 is 0 Å². The monoisotopic (exact) mass is 289 g/mol. The van der Waals surface area contributed by atoms with Crippen molar-refractivity contribution in [3.63, 3.8) is 0 Å². The van der Waals surface area contributed by atoms with Gasteiger partial charge in [-0.15, -0.1) is 0 Å². The molecule has 1 fully saturated rings. The van der Waals surface area contributed by atoms with Crippen LogP contribution in [0.25, 0.3) is 0 Å². The highest BCUT2D eigenvalue weighted by molar-refractivity contribution is 5.77. The summed E-state index contributed by atoms with van der Waals surface area (Å²) in [7, 11) is 0. The number of aliphatic hydroxyl groups excluding tert-OH is 1. The van der Waals surface area contributed by atoms with Crippen LogP contribution < -0.4 is 10.1 Å². The summed E-state index contributed by atoms with van der Waals surface area (Å²) in [6.07, 6.45) is 7.03. The van der Waals surface area contributed by atoms with Crippen molar-refractivity contribution in [3.05, 3.63) is 29.3 Å². The Labute approximate surface area is 125 Å². The number of aryl methyl sites for hydroxylation is 1. The van der Waals surface area contributed by atoms with Gasteiger partial charge in [0.2, 0.25) is 0 Å². The molecule has 0 spiro atoms. The van der Waals surface area contributed by atoms with Crippen LogP contribution in [0, 0.1) is 0 Å². The predicted molar refractivity (Wildman–Crippen MR) is 80.2 cm³/mol. The number of fused-ring (bicyclic) bond motifs is 1. The molecule has 3 rings (SSSR count). The molecule has 1 aromatic carbocycles. The van der Waals surface area contributed by atoms with Gasteiger partial charge in [-0.05, 0) is 55.4 Å². The van der Waals surface area contributed by atoms with Crippen LogP contribution in [-0.2, 0) is 11.2 Å². The highest BCUT2D eigenvalue weighted by Gasteiger charge is 2.19. The third kappa shape index (κ3) is 3.56. The number of aliphatic hydroxyl groups is 1. The van der Waals surface area contributed by atoms with Crippen molar-refractivity contribution in [2.45, 2.75) is 57.1 Å². The molecule has 1 saturated carbocycles. The molecular weight excluding hydrogens is 266 g/mol. The molecule has 0 aromatic heterocycles. The fourth-order valence-electron chi connectivity index (χ4n) is 3.34. The normalized spacial score (nSPS) is 21.9. The van der Waals surface area contributed by atoms with Crippen LogP contribution in [0.3, 0.4) is 0 Å². The number of ether oxygens (including phenoxy) is 1. The maximum atomic E-state index is 11.8. The summed E-state index contributed by atoms with van der Waals surface area (Å²) in [6, 6.07) is 6.06. The SMILES string of the molecule is O=C(COc1ccc2c(c1)CCCC2O)NC1CCCC1.